The number of hydrogen-bond donors (Lipinski definition) is 2. The standard InChI is InChI=1S/C18H21NO4S/c1-12(24-15-7-5-14(22-2)6-8-15)18(21)19-11-13-4-9-16(20)17(10-13)23-3/h4-10,12,20H,11H2,1-3H3,(H,19,21)/t12-/m0/s1. The molecule has 0 saturated carbocycles. The Morgan fingerprint density at radius 1 is 1.17 bits per heavy atom. The van der Waals surface area contributed by atoms with Crippen molar-refractivity contribution in [2.75, 3.05) is 14.2 Å². The Hall–Kier alpha value is -2.34. The minimum Gasteiger partial charge on any atom is -0.504 e. The zero-order valence-corrected chi connectivity index (χ0v) is 14.7. The molecule has 0 fully saturated rings. The summed E-state index contributed by atoms with van der Waals surface area (Å²) in [5.41, 5.74) is 0.861. The fourth-order valence-electron chi connectivity index (χ4n) is 2.08. The molecule has 0 heterocycles. The highest BCUT2D eigenvalue weighted by atomic mass is 32.2. The average molecular weight is 347 g/mol. The second kappa shape index (κ2) is 8.49. The lowest BCUT2D eigenvalue weighted by Crippen LogP contribution is -2.30. The maximum atomic E-state index is 12.2. The molecule has 0 radical (unpaired) electrons. The van der Waals surface area contributed by atoms with Crippen molar-refractivity contribution in [1.82, 2.24) is 5.32 Å². The van der Waals surface area contributed by atoms with Crippen LogP contribution in [0.1, 0.15) is 12.5 Å². The summed E-state index contributed by atoms with van der Waals surface area (Å²) in [6, 6.07) is 12.6. The topological polar surface area (TPSA) is 67.8 Å². The number of phenolic OH excluding ortho intramolecular Hbond substituents is 1. The Kier molecular flexibility index (Phi) is 6.37. The first kappa shape index (κ1) is 18.0. The van der Waals surface area contributed by atoms with E-state index in [4.69, 9.17) is 9.47 Å². The molecule has 5 nitrogen and oxygen atoms in total. The third-order valence-electron chi connectivity index (χ3n) is 3.45. The van der Waals surface area contributed by atoms with Crippen LogP contribution in [0.2, 0.25) is 0 Å². The van der Waals surface area contributed by atoms with E-state index in [-0.39, 0.29) is 16.9 Å². The number of carbonyl (C=O) groups excluding carboxylic acids is 1. The van der Waals surface area contributed by atoms with Crippen molar-refractivity contribution in [3.8, 4) is 17.2 Å². The van der Waals surface area contributed by atoms with E-state index in [0.29, 0.717) is 12.3 Å². The van der Waals surface area contributed by atoms with Gasteiger partial charge in [0.1, 0.15) is 5.75 Å². The molecule has 0 saturated heterocycles. The van der Waals surface area contributed by atoms with Crippen molar-refractivity contribution in [2.24, 2.45) is 0 Å². The van der Waals surface area contributed by atoms with Crippen LogP contribution >= 0.6 is 11.8 Å². The number of methoxy groups -OCH3 is 2. The Labute approximate surface area is 146 Å². The molecule has 2 rings (SSSR count). The van der Waals surface area contributed by atoms with Crippen LogP contribution in [0, 0.1) is 0 Å². The van der Waals surface area contributed by atoms with Crippen LogP contribution in [0.15, 0.2) is 47.4 Å². The highest BCUT2D eigenvalue weighted by Crippen LogP contribution is 2.27. The molecule has 24 heavy (non-hydrogen) atoms. The van der Waals surface area contributed by atoms with E-state index >= 15 is 0 Å². The van der Waals surface area contributed by atoms with E-state index in [0.717, 1.165) is 16.2 Å². The molecule has 6 heteroatoms. The zero-order chi connectivity index (χ0) is 17.5. The van der Waals surface area contributed by atoms with Gasteiger partial charge in [0.2, 0.25) is 5.91 Å². The number of amides is 1. The van der Waals surface area contributed by atoms with Gasteiger partial charge in [-0.3, -0.25) is 4.79 Å². The van der Waals surface area contributed by atoms with Crippen LogP contribution < -0.4 is 14.8 Å². The fourth-order valence-corrected chi connectivity index (χ4v) is 2.97. The molecule has 2 N–H and O–H groups in total. The first-order valence-corrected chi connectivity index (χ1v) is 8.35. The molecule has 1 atom stereocenters. The third kappa shape index (κ3) is 4.83. The number of thioether (sulfide) groups is 1. The molecule has 0 aromatic heterocycles. The fraction of sp³-hybridized carbons (Fsp3) is 0.278. The maximum absolute atomic E-state index is 12.2. The van der Waals surface area contributed by atoms with E-state index in [1.165, 1.54) is 18.9 Å². The number of carbonyl (C=O) groups is 1. The summed E-state index contributed by atoms with van der Waals surface area (Å²) in [4.78, 5) is 13.2. The average Bonchev–Trinajstić information content (AvgIpc) is 2.61. The second-order valence-corrected chi connectivity index (χ2v) is 6.57. The molecule has 0 unspecified atom stereocenters. The minimum atomic E-state index is -0.225. The monoisotopic (exact) mass is 347 g/mol. The van der Waals surface area contributed by atoms with Crippen molar-refractivity contribution in [3.63, 3.8) is 0 Å². The number of phenols is 1. The van der Waals surface area contributed by atoms with Crippen LogP contribution in [-0.4, -0.2) is 30.5 Å². The van der Waals surface area contributed by atoms with Gasteiger partial charge in [0, 0.05) is 11.4 Å². The van der Waals surface area contributed by atoms with Crippen molar-refractivity contribution < 1.29 is 19.4 Å². The quantitative estimate of drug-likeness (QED) is 0.753. The summed E-state index contributed by atoms with van der Waals surface area (Å²) < 4.78 is 10.2. The van der Waals surface area contributed by atoms with Gasteiger partial charge in [-0.1, -0.05) is 6.07 Å². The lowest BCUT2D eigenvalue weighted by molar-refractivity contribution is -0.120. The first-order valence-electron chi connectivity index (χ1n) is 7.47. The van der Waals surface area contributed by atoms with Gasteiger partial charge in [-0.05, 0) is 48.9 Å². The lowest BCUT2D eigenvalue weighted by atomic mass is 10.2. The predicted octanol–water partition coefficient (Wildman–Crippen LogP) is 3.21. The molecule has 1 amide bonds. The van der Waals surface area contributed by atoms with Gasteiger partial charge in [0.05, 0.1) is 19.5 Å². The molecule has 0 bridgehead atoms. The normalized spacial score (nSPS) is 11.6. The minimum absolute atomic E-state index is 0.0529. The van der Waals surface area contributed by atoms with Crippen LogP contribution in [0.25, 0.3) is 0 Å². The van der Waals surface area contributed by atoms with Gasteiger partial charge in [-0.25, -0.2) is 0 Å². The smallest absolute Gasteiger partial charge is 0.233 e. The highest BCUT2D eigenvalue weighted by molar-refractivity contribution is 8.00. The van der Waals surface area contributed by atoms with Crippen LogP contribution in [-0.2, 0) is 11.3 Å². The van der Waals surface area contributed by atoms with E-state index < -0.39 is 0 Å². The molecule has 0 aliphatic carbocycles. The van der Waals surface area contributed by atoms with Crippen LogP contribution in [0.5, 0.6) is 17.2 Å². The van der Waals surface area contributed by atoms with E-state index in [1.807, 2.05) is 31.2 Å². The number of ether oxygens (including phenoxy) is 2. The summed E-state index contributed by atoms with van der Waals surface area (Å²) in [7, 11) is 3.11. The predicted molar refractivity (Wildman–Crippen MR) is 94.8 cm³/mol. The van der Waals surface area contributed by atoms with Gasteiger partial charge in [0.25, 0.3) is 0 Å². The number of benzene rings is 2. The number of rotatable bonds is 7. The Morgan fingerprint density at radius 2 is 1.88 bits per heavy atom. The van der Waals surface area contributed by atoms with Gasteiger partial charge in [0.15, 0.2) is 11.5 Å². The van der Waals surface area contributed by atoms with Gasteiger partial charge in [-0.2, -0.15) is 0 Å². The zero-order valence-electron chi connectivity index (χ0n) is 13.9. The van der Waals surface area contributed by atoms with Crippen molar-refractivity contribution in [2.45, 2.75) is 23.6 Å². The van der Waals surface area contributed by atoms with Crippen molar-refractivity contribution in [3.05, 3.63) is 48.0 Å². The van der Waals surface area contributed by atoms with Crippen LogP contribution in [0.3, 0.4) is 0 Å². The number of nitrogens with one attached hydrogen (secondary N) is 1. The second-order valence-electron chi connectivity index (χ2n) is 5.16. The lowest BCUT2D eigenvalue weighted by Gasteiger charge is -2.13. The molecular formula is C18H21NO4S. The Morgan fingerprint density at radius 3 is 2.50 bits per heavy atom. The van der Waals surface area contributed by atoms with E-state index in [9.17, 15) is 9.90 Å². The molecule has 0 aliphatic rings. The number of hydrogen-bond acceptors (Lipinski definition) is 5. The summed E-state index contributed by atoms with van der Waals surface area (Å²) in [5.74, 6) is 1.21. The van der Waals surface area contributed by atoms with Gasteiger partial charge >= 0.3 is 0 Å². The largest absolute Gasteiger partial charge is 0.504 e. The molecule has 2 aromatic carbocycles. The SMILES string of the molecule is COc1ccc(S[C@@H](C)C(=O)NCc2ccc(O)c(OC)c2)cc1. The van der Waals surface area contributed by atoms with E-state index in [2.05, 4.69) is 5.32 Å². The Balaban J connectivity index is 1.89. The van der Waals surface area contributed by atoms with Gasteiger partial charge in [-0.15, -0.1) is 11.8 Å². The van der Waals surface area contributed by atoms with E-state index in [1.54, 1.807) is 25.3 Å². The summed E-state index contributed by atoms with van der Waals surface area (Å²) in [6.07, 6.45) is 0. The van der Waals surface area contributed by atoms with Crippen molar-refractivity contribution in [1.29, 1.82) is 0 Å². The van der Waals surface area contributed by atoms with Crippen LogP contribution in [0.4, 0.5) is 0 Å². The molecule has 0 spiro atoms. The van der Waals surface area contributed by atoms with Crippen molar-refractivity contribution >= 4 is 17.7 Å². The first-order chi connectivity index (χ1) is 11.5. The summed E-state index contributed by atoms with van der Waals surface area (Å²) in [5, 5.41) is 12.2. The molecule has 128 valence electrons. The Bertz CT molecular complexity index is 688. The highest BCUT2D eigenvalue weighted by Gasteiger charge is 2.14. The summed E-state index contributed by atoms with van der Waals surface area (Å²) >= 11 is 1.48. The summed E-state index contributed by atoms with van der Waals surface area (Å²) in [6.45, 7) is 2.24. The third-order valence-corrected chi connectivity index (χ3v) is 4.56. The maximum Gasteiger partial charge on any atom is 0.233 e. The molecule has 2 aromatic rings. The molecular weight excluding hydrogens is 326 g/mol. The molecule has 0 aliphatic heterocycles. The number of aromatic hydroxyl groups is 1. The van der Waals surface area contributed by atoms with Gasteiger partial charge < -0.3 is 19.9 Å².